The number of carboxylic acids is 1. The number of rotatable bonds is 4. The molecule has 0 aliphatic carbocycles. The Bertz CT molecular complexity index is 308. The minimum Gasteiger partial charge on any atom is -0.481 e. The van der Waals surface area contributed by atoms with Crippen molar-refractivity contribution in [3.05, 3.63) is 16.6 Å². The van der Waals surface area contributed by atoms with Gasteiger partial charge < -0.3 is 5.11 Å². The summed E-state index contributed by atoms with van der Waals surface area (Å²) in [5.74, 6) is -0.651. The zero-order valence-corrected chi connectivity index (χ0v) is 9.47. The van der Waals surface area contributed by atoms with E-state index in [1.54, 1.807) is 12.4 Å². The van der Waals surface area contributed by atoms with Gasteiger partial charge in [-0.2, -0.15) is 0 Å². The van der Waals surface area contributed by atoms with Gasteiger partial charge in [0.1, 0.15) is 0 Å². The number of carbonyl (C=O) groups is 1. The SMILES string of the molecule is CC(C)C(C)(Cc1cscn1)C(=O)O. The molecule has 1 aromatic heterocycles. The molecule has 0 fully saturated rings. The first-order chi connectivity index (χ1) is 6.47. The number of thiazole rings is 1. The van der Waals surface area contributed by atoms with Crippen molar-refractivity contribution in [2.75, 3.05) is 0 Å². The Morgan fingerprint density at radius 2 is 2.36 bits per heavy atom. The highest BCUT2D eigenvalue weighted by Gasteiger charge is 2.37. The minimum atomic E-state index is -0.750. The number of aromatic nitrogens is 1. The molecule has 0 aromatic carbocycles. The van der Waals surface area contributed by atoms with Gasteiger partial charge in [-0.05, 0) is 12.8 Å². The van der Waals surface area contributed by atoms with Gasteiger partial charge in [-0.3, -0.25) is 4.79 Å². The Kier molecular flexibility index (Phi) is 3.26. The van der Waals surface area contributed by atoms with E-state index >= 15 is 0 Å². The molecule has 14 heavy (non-hydrogen) atoms. The highest BCUT2D eigenvalue weighted by Crippen LogP contribution is 2.31. The van der Waals surface area contributed by atoms with Crippen molar-refractivity contribution in [1.29, 1.82) is 0 Å². The molecule has 0 bridgehead atoms. The molecule has 0 saturated heterocycles. The first-order valence-corrected chi connectivity index (χ1v) is 5.51. The second-order valence-electron chi connectivity index (χ2n) is 4.03. The van der Waals surface area contributed by atoms with Crippen molar-refractivity contribution in [3.8, 4) is 0 Å². The molecule has 0 amide bonds. The van der Waals surface area contributed by atoms with Crippen molar-refractivity contribution in [2.24, 2.45) is 11.3 Å². The van der Waals surface area contributed by atoms with Gasteiger partial charge in [0.05, 0.1) is 16.6 Å². The van der Waals surface area contributed by atoms with Gasteiger partial charge in [-0.25, -0.2) is 4.98 Å². The summed E-state index contributed by atoms with van der Waals surface area (Å²) >= 11 is 1.50. The van der Waals surface area contributed by atoms with Gasteiger partial charge in [0.15, 0.2) is 0 Å². The highest BCUT2D eigenvalue weighted by molar-refractivity contribution is 7.07. The molecular weight excluding hydrogens is 198 g/mol. The molecule has 1 aromatic rings. The Labute approximate surface area is 87.8 Å². The van der Waals surface area contributed by atoms with Crippen molar-refractivity contribution < 1.29 is 9.90 Å². The maximum absolute atomic E-state index is 11.2. The minimum absolute atomic E-state index is 0.0988. The third-order valence-electron chi connectivity index (χ3n) is 2.79. The molecule has 1 atom stereocenters. The van der Waals surface area contributed by atoms with Crippen LogP contribution < -0.4 is 0 Å². The van der Waals surface area contributed by atoms with E-state index in [1.807, 2.05) is 19.2 Å². The van der Waals surface area contributed by atoms with E-state index in [0.717, 1.165) is 5.69 Å². The number of hydrogen-bond acceptors (Lipinski definition) is 3. The summed E-state index contributed by atoms with van der Waals surface area (Å²) in [6.45, 7) is 5.64. The lowest BCUT2D eigenvalue weighted by Crippen LogP contribution is -2.35. The molecule has 0 radical (unpaired) electrons. The van der Waals surface area contributed by atoms with Crippen molar-refractivity contribution in [2.45, 2.75) is 27.2 Å². The zero-order valence-electron chi connectivity index (χ0n) is 8.65. The summed E-state index contributed by atoms with van der Waals surface area (Å²) in [6, 6.07) is 0. The lowest BCUT2D eigenvalue weighted by atomic mass is 9.76. The largest absolute Gasteiger partial charge is 0.481 e. The van der Waals surface area contributed by atoms with Crippen LogP contribution in [0.2, 0.25) is 0 Å². The highest BCUT2D eigenvalue weighted by atomic mass is 32.1. The molecule has 0 spiro atoms. The zero-order chi connectivity index (χ0) is 10.8. The van der Waals surface area contributed by atoms with E-state index in [9.17, 15) is 9.90 Å². The van der Waals surface area contributed by atoms with Crippen LogP contribution in [-0.2, 0) is 11.2 Å². The molecule has 1 unspecified atom stereocenters. The van der Waals surface area contributed by atoms with Crippen LogP contribution in [0, 0.1) is 11.3 Å². The molecule has 78 valence electrons. The average molecular weight is 213 g/mol. The molecule has 0 saturated carbocycles. The normalized spacial score (nSPS) is 15.4. The van der Waals surface area contributed by atoms with Gasteiger partial charge in [-0.15, -0.1) is 11.3 Å². The van der Waals surface area contributed by atoms with E-state index < -0.39 is 11.4 Å². The molecule has 1 heterocycles. The number of carboxylic acid groups (broad SMARTS) is 1. The van der Waals surface area contributed by atoms with E-state index in [-0.39, 0.29) is 5.92 Å². The first-order valence-electron chi connectivity index (χ1n) is 4.57. The van der Waals surface area contributed by atoms with Gasteiger partial charge in [0, 0.05) is 11.8 Å². The Balaban J connectivity index is 2.85. The van der Waals surface area contributed by atoms with Crippen molar-refractivity contribution in [1.82, 2.24) is 4.98 Å². The van der Waals surface area contributed by atoms with Crippen LogP contribution in [0.1, 0.15) is 26.5 Å². The Hall–Kier alpha value is -0.900. The fraction of sp³-hybridized carbons (Fsp3) is 0.600. The average Bonchev–Trinajstić information content (AvgIpc) is 2.55. The van der Waals surface area contributed by atoms with Gasteiger partial charge in [0.25, 0.3) is 0 Å². The van der Waals surface area contributed by atoms with E-state index in [1.165, 1.54) is 11.3 Å². The summed E-state index contributed by atoms with van der Waals surface area (Å²) in [6.07, 6.45) is 0.503. The maximum atomic E-state index is 11.2. The second-order valence-corrected chi connectivity index (χ2v) is 4.75. The standard InChI is InChI=1S/C10H15NO2S/c1-7(2)10(3,9(12)13)4-8-5-14-6-11-8/h5-7H,4H2,1-3H3,(H,12,13). The summed E-state index contributed by atoms with van der Waals surface area (Å²) in [7, 11) is 0. The molecular formula is C10H15NO2S. The number of hydrogen-bond donors (Lipinski definition) is 1. The predicted molar refractivity (Wildman–Crippen MR) is 56.4 cm³/mol. The van der Waals surface area contributed by atoms with Crippen LogP contribution in [-0.4, -0.2) is 16.1 Å². The van der Waals surface area contributed by atoms with Gasteiger partial charge >= 0.3 is 5.97 Å². The maximum Gasteiger partial charge on any atom is 0.310 e. The van der Waals surface area contributed by atoms with Crippen molar-refractivity contribution in [3.63, 3.8) is 0 Å². The van der Waals surface area contributed by atoms with E-state index in [2.05, 4.69) is 4.98 Å². The summed E-state index contributed by atoms with van der Waals surface area (Å²) in [4.78, 5) is 15.3. The van der Waals surface area contributed by atoms with Gasteiger partial charge in [0.2, 0.25) is 0 Å². The van der Waals surface area contributed by atoms with Gasteiger partial charge in [-0.1, -0.05) is 13.8 Å². The third-order valence-corrected chi connectivity index (χ3v) is 3.43. The number of aliphatic carboxylic acids is 1. The molecule has 4 heteroatoms. The second kappa shape index (κ2) is 4.09. The fourth-order valence-corrected chi connectivity index (χ4v) is 1.79. The first kappa shape index (κ1) is 11.2. The lowest BCUT2D eigenvalue weighted by Gasteiger charge is -2.28. The van der Waals surface area contributed by atoms with Crippen LogP contribution in [0.3, 0.4) is 0 Å². The van der Waals surface area contributed by atoms with Crippen LogP contribution >= 0.6 is 11.3 Å². The lowest BCUT2D eigenvalue weighted by molar-refractivity contribution is -0.150. The quantitative estimate of drug-likeness (QED) is 0.835. The topological polar surface area (TPSA) is 50.2 Å². The number of nitrogens with zero attached hydrogens (tertiary/aromatic N) is 1. The Morgan fingerprint density at radius 1 is 1.71 bits per heavy atom. The Morgan fingerprint density at radius 3 is 2.71 bits per heavy atom. The summed E-state index contributed by atoms with van der Waals surface area (Å²) in [5, 5.41) is 11.1. The molecule has 3 nitrogen and oxygen atoms in total. The predicted octanol–water partition coefficient (Wildman–Crippen LogP) is 2.43. The van der Waals surface area contributed by atoms with Crippen LogP contribution in [0.15, 0.2) is 10.9 Å². The molecule has 0 aliphatic rings. The summed E-state index contributed by atoms with van der Waals surface area (Å²) < 4.78 is 0. The van der Waals surface area contributed by atoms with E-state index in [0.29, 0.717) is 6.42 Å². The molecule has 0 aliphatic heterocycles. The third kappa shape index (κ3) is 2.12. The van der Waals surface area contributed by atoms with E-state index in [4.69, 9.17) is 0 Å². The van der Waals surface area contributed by atoms with Crippen LogP contribution in [0.5, 0.6) is 0 Å². The summed E-state index contributed by atoms with van der Waals surface area (Å²) in [5.41, 5.74) is 1.89. The van der Waals surface area contributed by atoms with Crippen LogP contribution in [0.25, 0.3) is 0 Å². The monoisotopic (exact) mass is 213 g/mol. The fourth-order valence-electron chi connectivity index (χ4n) is 1.23. The molecule has 1 rings (SSSR count). The smallest absolute Gasteiger partial charge is 0.310 e. The van der Waals surface area contributed by atoms with Crippen LogP contribution in [0.4, 0.5) is 0 Å². The molecule has 1 N–H and O–H groups in total. The van der Waals surface area contributed by atoms with Crippen molar-refractivity contribution >= 4 is 17.3 Å².